The van der Waals surface area contributed by atoms with Gasteiger partial charge in [-0.2, -0.15) is 0 Å². The normalized spacial score (nSPS) is 28.4. The molecule has 88 valence electrons. The van der Waals surface area contributed by atoms with E-state index in [4.69, 9.17) is 5.11 Å². The molecule has 0 spiro atoms. The molecule has 5 heteroatoms. The topological polar surface area (TPSA) is 66.4 Å². The van der Waals surface area contributed by atoms with Crippen LogP contribution in [-0.4, -0.2) is 38.9 Å². The molecule has 1 saturated heterocycles. The fraction of sp³-hybridized carbons (Fsp3) is 0.900. The first-order valence-electron chi connectivity index (χ1n) is 5.40. The van der Waals surface area contributed by atoms with E-state index in [0.717, 1.165) is 12.8 Å². The van der Waals surface area contributed by atoms with Crippen LogP contribution >= 0.6 is 0 Å². The number of carbonyl (C=O) groups excluding carboxylic acids is 1. The third-order valence-corrected chi connectivity index (χ3v) is 3.92. The van der Waals surface area contributed by atoms with Gasteiger partial charge in [-0.1, -0.05) is 0 Å². The van der Waals surface area contributed by atoms with Gasteiger partial charge in [-0.3, -0.25) is 9.00 Å². The van der Waals surface area contributed by atoms with Crippen LogP contribution in [-0.2, 0) is 15.6 Å². The van der Waals surface area contributed by atoms with Crippen molar-refractivity contribution in [2.45, 2.75) is 44.8 Å². The molecule has 1 aliphatic rings. The van der Waals surface area contributed by atoms with Crippen LogP contribution in [0.3, 0.4) is 0 Å². The van der Waals surface area contributed by atoms with E-state index < -0.39 is 16.9 Å². The molecule has 0 aromatic carbocycles. The van der Waals surface area contributed by atoms with Crippen molar-refractivity contribution in [3.05, 3.63) is 0 Å². The number of hydrogen-bond acceptors (Lipinski definition) is 3. The summed E-state index contributed by atoms with van der Waals surface area (Å²) in [5.41, 5.74) is 0. The van der Waals surface area contributed by atoms with Gasteiger partial charge in [-0.25, -0.2) is 0 Å². The molecule has 0 aromatic heterocycles. The van der Waals surface area contributed by atoms with Crippen molar-refractivity contribution in [2.24, 2.45) is 0 Å². The summed E-state index contributed by atoms with van der Waals surface area (Å²) in [4.78, 5) is 11.4. The van der Waals surface area contributed by atoms with Gasteiger partial charge in [-0.15, -0.1) is 0 Å². The number of aliphatic hydroxyl groups is 1. The summed E-state index contributed by atoms with van der Waals surface area (Å²) in [7, 11) is -0.678. The summed E-state index contributed by atoms with van der Waals surface area (Å²) in [5.74, 6) is 1.39. The molecule has 2 N–H and O–H groups in total. The summed E-state index contributed by atoms with van der Waals surface area (Å²) in [5, 5.41) is 11.9. The molecule has 1 fully saturated rings. The molecule has 0 saturated carbocycles. The van der Waals surface area contributed by atoms with Crippen LogP contribution in [0.15, 0.2) is 0 Å². The maximum atomic E-state index is 11.4. The average Bonchev–Trinajstić information content (AvgIpc) is 2.19. The Bertz CT molecular complexity index is 233. The molecule has 1 amide bonds. The highest BCUT2D eigenvalue weighted by molar-refractivity contribution is 7.85. The van der Waals surface area contributed by atoms with Crippen LogP contribution < -0.4 is 5.32 Å². The van der Waals surface area contributed by atoms with Crippen molar-refractivity contribution in [3.63, 3.8) is 0 Å². The van der Waals surface area contributed by atoms with Crippen LogP contribution in [0.1, 0.15) is 32.6 Å². The predicted octanol–water partition coefficient (Wildman–Crippen LogP) is 0.175. The zero-order chi connectivity index (χ0) is 11.3. The van der Waals surface area contributed by atoms with Gasteiger partial charge in [-0.05, 0) is 26.2 Å². The monoisotopic (exact) mass is 233 g/mol. The van der Waals surface area contributed by atoms with E-state index in [9.17, 15) is 9.00 Å². The van der Waals surface area contributed by atoms with Crippen molar-refractivity contribution in [3.8, 4) is 0 Å². The first-order chi connectivity index (χ1) is 7.08. The second-order valence-electron chi connectivity index (χ2n) is 4.08. The number of nitrogens with one attached hydrogen (secondary N) is 1. The Balaban J connectivity index is 2.17. The van der Waals surface area contributed by atoms with Crippen molar-refractivity contribution in [1.82, 2.24) is 5.32 Å². The molecule has 0 bridgehead atoms. The minimum atomic E-state index is -0.678. The third-order valence-electron chi connectivity index (χ3n) is 2.54. The van der Waals surface area contributed by atoms with E-state index in [1.807, 2.05) is 0 Å². The minimum Gasteiger partial charge on any atom is -0.393 e. The molecule has 0 radical (unpaired) electrons. The molecule has 4 nitrogen and oxygen atoms in total. The molecule has 1 rings (SSSR count). The lowest BCUT2D eigenvalue weighted by Gasteiger charge is -2.22. The number of rotatable bonds is 4. The van der Waals surface area contributed by atoms with Gasteiger partial charge in [0.15, 0.2) is 0 Å². The van der Waals surface area contributed by atoms with Crippen LogP contribution in [0.25, 0.3) is 0 Å². The zero-order valence-corrected chi connectivity index (χ0v) is 9.89. The Morgan fingerprint density at radius 3 is 2.67 bits per heavy atom. The van der Waals surface area contributed by atoms with E-state index in [1.165, 1.54) is 0 Å². The van der Waals surface area contributed by atoms with Gasteiger partial charge in [0.2, 0.25) is 5.91 Å². The van der Waals surface area contributed by atoms with E-state index in [-0.39, 0.29) is 11.9 Å². The third kappa shape index (κ3) is 5.28. The molecule has 0 aromatic rings. The largest absolute Gasteiger partial charge is 0.393 e. The van der Waals surface area contributed by atoms with E-state index in [2.05, 4.69) is 5.32 Å². The molecule has 1 heterocycles. The molecular weight excluding hydrogens is 214 g/mol. The predicted molar refractivity (Wildman–Crippen MR) is 60.0 cm³/mol. The number of carbonyl (C=O) groups is 1. The summed E-state index contributed by atoms with van der Waals surface area (Å²) in [6.07, 6.45) is 2.08. The summed E-state index contributed by atoms with van der Waals surface area (Å²) >= 11 is 0. The van der Waals surface area contributed by atoms with Crippen molar-refractivity contribution >= 4 is 16.7 Å². The van der Waals surface area contributed by atoms with Gasteiger partial charge in [0.1, 0.15) is 0 Å². The minimum absolute atomic E-state index is 0.00594. The van der Waals surface area contributed by atoms with E-state index >= 15 is 0 Å². The molecule has 1 aliphatic heterocycles. The van der Waals surface area contributed by atoms with Crippen molar-refractivity contribution < 1.29 is 14.1 Å². The second kappa shape index (κ2) is 6.23. The van der Waals surface area contributed by atoms with Gasteiger partial charge in [0.25, 0.3) is 0 Å². The molecule has 1 unspecified atom stereocenters. The average molecular weight is 233 g/mol. The quantitative estimate of drug-likeness (QED) is 0.727. The summed E-state index contributed by atoms with van der Waals surface area (Å²) < 4.78 is 11.1. The van der Waals surface area contributed by atoms with Gasteiger partial charge in [0, 0.05) is 34.8 Å². The Kier molecular flexibility index (Phi) is 5.25. The highest BCUT2D eigenvalue weighted by Gasteiger charge is 2.19. The first-order valence-corrected chi connectivity index (χ1v) is 6.89. The lowest BCUT2D eigenvalue weighted by Crippen LogP contribution is -2.39. The summed E-state index contributed by atoms with van der Waals surface area (Å²) in [6, 6.07) is 0.184. The Hall–Kier alpha value is -0.420. The van der Waals surface area contributed by atoms with Crippen LogP contribution in [0.4, 0.5) is 0 Å². The fourth-order valence-electron chi connectivity index (χ4n) is 1.58. The highest BCUT2D eigenvalue weighted by Crippen LogP contribution is 2.09. The fourth-order valence-corrected chi connectivity index (χ4v) is 2.88. The first kappa shape index (κ1) is 12.6. The lowest BCUT2D eigenvalue weighted by atomic mass is 10.1. The summed E-state index contributed by atoms with van der Waals surface area (Å²) in [6.45, 7) is 1.68. The van der Waals surface area contributed by atoms with Crippen molar-refractivity contribution in [1.29, 1.82) is 0 Å². The molecule has 0 aliphatic carbocycles. The van der Waals surface area contributed by atoms with E-state index in [0.29, 0.717) is 24.3 Å². The van der Waals surface area contributed by atoms with Gasteiger partial charge < -0.3 is 10.4 Å². The second-order valence-corrected chi connectivity index (χ2v) is 5.77. The Labute approximate surface area is 92.9 Å². The Morgan fingerprint density at radius 1 is 1.53 bits per heavy atom. The van der Waals surface area contributed by atoms with Crippen LogP contribution in [0, 0.1) is 0 Å². The maximum Gasteiger partial charge on any atom is 0.220 e. The zero-order valence-electron chi connectivity index (χ0n) is 9.07. The van der Waals surface area contributed by atoms with Crippen molar-refractivity contribution in [2.75, 3.05) is 11.5 Å². The Morgan fingerprint density at radius 2 is 2.13 bits per heavy atom. The maximum absolute atomic E-state index is 11.4. The van der Waals surface area contributed by atoms with Gasteiger partial charge in [0.05, 0.1) is 6.10 Å². The molecule has 15 heavy (non-hydrogen) atoms. The number of amides is 1. The number of hydrogen-bond donors (Lipinski definition) is 2. The molecule has 1 atom stereocenters. The smallest absolute Gasteiger partial charge is 0.220 e. The SMILES string of the molecule is CC(O)CCC(=O)NC1CCS(=O)CC1. The standard InChI is InChI=1S/C10H19NO3S/c1-8(12)2-3-10(13)11-9-4-6-15(14)7-5-9/h8-9,12H,2-7H2,1H3,(H,11,13). The number of aliphatic hydroxyl groups excluding tert-OH is 1. The van der Waals surface area contributed by atoms with E-state index in [1.54, 1.807) is 6.92 Å². The lowest BCUT2D eigenvalue weighted by molar-refractivity contribution is -0.122. The molecular formula is C10H19NO3S. The highest BCUT2D eigenvalue weighted by atomic mass is 32.2. The van der Waals surface area contributed by atoms with Crippen LogP contribution in [0.5, 0.6) is 0 Å². The van der Waals surface area contributed by atoms with Crippen LogP contribution in [0.2, 0.25) is 0 Å². The van der Waals surface area contributed by atoms with Gasteiger partial charge >= 0.3 is 0 Å².